The lowest BCUT2D eigenvalue weighted by Gasteiger charge is -2.12. The van der Waals surface area contributed by atoms with Crippen LogP contribution in [0.15, 0.2) is 136 Å². The highest BCUT2D eigenvalue weighted by molar-refractivity contribution is 9.10. The van der Waals surface area contributed by atoms with Gasteiger partial charge in [0.1, 0.15) is 5.58 Å². The van der Waals surface area contributed by atoms with Crippen molar-refractivity contribution in [1.82, 2.24) is 9.13 Å². The highest BCUT2D eigenvalue weighted by Gasteiger charge is 2.23. The molecule has 0 N–H and O–H groups in total. The summed E-state index contributed by atoms with van der Waals surface area (Å²) in [5, 5.41) is 7.13. The van der Waals surface area contributed by atoms with Crippen molar-refractivity contribution in [3.05, 3.63) is 132 Å². The van der Waals surface area contributed by atoms with Crippen molar-refractivity contribution in [3.63, 3.8) is 0 Å². The molecule has 0 saturated heterocycles. The number of nitrogens with zero attached hydrogens (tertiary/aromatic N) is 2. The molecule has 6 aromatic carbocycles. The van der Waals surface area contributed by atoms with E-state index in [9.17, 15) is 0 Å². The number of halogens is 1. The molecule has 3 aromatic heterocycles. The Bertz CT molecular complexity index is 2440. The minimum Gasteiger partial charge on any atom is -0.453 e. The average molecular weight is 577 g/mol. The van der Waals surface area contributed by atoms with Crippen LogP contribution in [-0.2, 0) is 0 Å². The molecule has 0 unspecified atom stereocenters. The summed E-state index contributed by atoms with van der Waals surface area (Å²) in [6, 6.07) is 45.3. The quantitative estimate of drug-likeness (QED) is 0.200. The van der Waals surface area contributed by atoms with Gasteiger partial charge in [-0.05, 0) is 52.3 Å². The Morgan fingerprint density at radius 2 is 0.975 bits per heavy atom. The van der Waals surface area contributed by atoms with Crippen molar-refractivity contribution in [2.45, 2.75) is 0 Å². The molecule has 0 spiro atoms. The number of fused-ring (bicyclic) bond motifs is 10. The maximum atomic E-state index is 6.65. The summed E-state index contributed by atoms with van der Waals surface area (Å²) in [6.07, 6.45) is 0. The topological polar surface area (TPSA) is 23.0 Å². The minimum absolute atomic E-state index is 0.870. The first-order chi connectivity index (χ1) is 19.8. The Hall–Kier alpha value is -4.80. The Morgan fingerprint density at radius 3 is 1.70 bits per heavy atom. The molecule has 9 aromatic rings. The summed E-state index contributed by atoms with van der Waals surface area (Å²) in [7, 11) is 0. The lowest BCUT2D eigenvalue weighted by Crippen LogP contribution is -1.98. The number of rotatable bonds is 2. The van der Waals surface area contributed by atoms with E-state index >= 15 is 0 Å². The first-order valence-corrected chi connectivity index (χ1v) is 14.2. The zero-order valence-corrected chi connectivity index (χ0v) is 22.9. The molecular formula is C36H21BrN2O. The van der Waals surface area contributed by atoms with Crippen molar-refractivity contribution in [2.24, 2.45) is 0 Å². The number of benzene rings is 6. The zero-order chi connectivity index (χ0) is 26.4. The molecule has 0 bridgehead atoms. The number of aromatic nitrogens is 2. The van der Waals surface area contributed by atoms with E-state index in [2.05, 4.69) is 146 Å². The number of hydrogen-bond acceptors (Lipinski definition) is 1. The first kappa shape index (κ1) is 22.1. The van der Waals surface area contributed by atoms with E-state index in [-0.39, 0.29) is 0 Å². The summed E-state index contributed by atoms with van der Waals surface area (Å²) in [6.45, 7) is 0. The lowest BCUT2D eigenvalue weighted by atomic mass is 10.1. The standard InChI is InChI=1S/C36H21BrN2O/c37-29-16-8-14-27-28-15-9-19-32(36(28)40-35(27)29)39-31-18-7-5-13-24(31)26-21-20-25-23-12-4-6-17-30(23)38(33(25)34(26)39)22-10-2-1-3-11-22/h1-21H. The lowest BCUT2D eigenvalue weighted by molar-refractivity contribution is 0.664. The van der Waals surface area contributed by atoms with Crippen LogP contribution in [0.2, 0.25) is 0 Å². The third-order valence-electron chi connectivity index (χ3n) is 8.18. The van der Waals surface area contributed by atoms with Gasteiger partial charge >= 0.3 is 0 Å². The largest absolute Gasteiger partial charge is 0.453 e. The minimum atomic E-state index is 0.870. The zero-order valence-electron chi connectivity index (χ0n) is 21.3. The van der Waals surface area contributed by atoms with Crippen LogP contribution in [0.4, 0.5) is 0 Å². The van der Waals surface area contributed by atoms with E-state index in [1.165, 1.54) is 38.1 Å². The van der Waals surface area contributed by atoms with E-state index in [1.54, 1.807) is 0 Å². The van der Waals surface area contributed by atoms with E-state index in [0.717, 1.165) is 43.3 Å². The summed E-state index contributed by atoms with van der Waals surface area (Å²) in [5.74, 6) is 0. The SMILES string of the molecule is Brc1cccc2c1oc1c(-n3c4ccccc4c4ccc5c6ccccc6n(-c6ccccc6)c5c43)cccc12. The first-order valence-electron chi connectivity index (χ1n) is 13.4. The Kier molecular flexibility index (Phi) is 4.47. The number of hydrogen-bond donors (Lipinski definition) is 0. The second-order valence-corrected chi connectivity index (χ2v) is 11.1. The molecule has 40 heavy (non-hydrogen) atoms. The summed E-state index contributed by atoms with van der Waals surface area (Å²) < 4.78 is 12.4. The van der Waals surface area contributed by atoms with Gasteiger partial charge in [0, 0.05) is 38.0 Å². The molecule has 4 heteroatoms. The predicted molar refractivity (Wildman–Crippen MR) is 170 cm³/mol. The third kappa shape index (κ3) is 2.83. The molecule has 0 fully saturated rings. The number of furan rings is 1. The molecule has 0 radical (unpaired) electrons. The van der Waals surface area contributed by atoms with Crippen LogP contribution in [0.3, 0.4) is 0 Å². The summed E-state index contributed by atoms with van der Waals surface area (Å²) in [5.41, 5.74) is 8.63. The van der Waals surface area contributed by atoms with Gasteiger partial charge in [0.15, 0.2) is 5.58 Å². The van der Waals surface area contributed by atoms with E-state index in [4.69, 9.17) is 4.42 Å². The van der Waals surface area contributed by atoms with Crippen LogP contribution >= 0.6 is 15.9 Å². The van der Waals surface area contributed by atoms with E-state index in [1.807, 2.05) is 6.07 Å². The monoisotopic (exact) mass is 576 g/mol. The molecule has 0 aliphatic heterocycles. The van der Waals surface area contributed by atoms with Gasteiger partial charge in [0.25, 0.3) is 0 Å². The van der Waals surface area contributed by atoms with Crippen molar-refractivity contribution < 1.29 is 4.42 Å². The van der Waals surface area contributed by atoms with Gasteiger partial charge in [-0.2, -0.15) is 0 Å². The van der Waals surface area contributed by atoms with Crippen LogP contribution < -0.4 is 0 Å². The predicted octanol–water partition coefficient (Wildman–Crippen LogP) is 10.5. The molecule has 3 heterocycles. The van der Waals surface area contributed by atoms with Gasteiger partial charge in [-0.1, -0.05) is 91.0 Å². The average Bonchev–Trinajstić information content (AvgIpc) is 3.66. The maximum Gasteiger partial charge on any atom is 0.159 e. The van der Waals surface area contributed by atoms with Crippen LogP contribution in [-0.4, -0.2) is 9.13 Å². The van der Waals surface area contributed by atoms with Gasteiger partial charge in [0.2, 0.25) is 0 Å². The second kappa shape index (κ2) is 8.10. The molecule has 3 nitrogen and oxygen atoms in total. The normalized spacial score (nSPS) is 12.1. The highest BCUT2D eigenvalue weighted by atomic mass is 79.9. The van der Waals surface area contributed by atoms with Crippen molar-refractivity contribution in [2.75, 3.05) is 0 Å². The molecular weight excluding hydrogens is 556 g/mol. The van der Waals surface area contributed by atoms with Crippen molar-refractivity contribution in [3.8, 4) is 11.4 Å². The number of para-hydroxylation sites is 5. The highest BCUT2D eigenvalue weighted by Crippen LogP contribution is 2.44. The van der Waals surface area contributed by atoms with E-state index in [0.29, 0.717) is 0 Å². The molecule has 188 valence electrons. The molecule has 0 atom stereocenters. The van der Waals surface area contributed by atoms with Gasteiger partial charge in [-0.25, -0.2) is 0 Å². The summed E-state index contributed by atoms with van der Waals surface area (Å²) in [4.78, 5) is 0. The fraction of sp³-hybridized carbons (Fsp3) is 0. The molecule has 0 saturated carbocycles. The van der Waals surface area contributed by atoms with Crippen LogP contribution in [0, 0.1) is 0 Å². The van der Waals surface area contributed by atoms with Crippen molar-refractivity contribution in [1.29, 1.82) is 0 Å². The van der Waals surface area contributed by atoms with E-state index < -0.39 is 0 Å². The van der Waals surface area contributed by atoms with Gasteiger partial charge in [-0.3, -0.25) is 0 Å². The fourth-order valence-electron chi connectivity index (χ4n) is 6.54. The fourth-order valence-corrected chi connectivity index (χ4v) is 6.99. The van der Waals surface area contributed by atoms with Gasteiger partial charge in [0.05, 0.1) is 32.2 Å². The van der Waals surface area contributed by atoms with Crippen LogP contribution in [0.25, 0.3) is 76.9 Å². The summed E-state index contributed by atoms with van der Waals surface area (Å²) >= 11 is 3.71. The molecule has 0 aliphatic rings. The molecule has 0 aliphatic carbocycles. The Balaban J connectivity index is 1.55. The van der Waals surface area contributed by atoms with Crippen LogP contribution in [0.1, 0.15) is 0 Å². The van der Waals surface area contributed by atoms with Gasteiger partial charge in [-0.15, -0.1) is 0 Å². The Labute approximate surface area is 237 Å². The second-order valence-electron chi connectivity index (χ2n) is 10.3. The van der Waals surface area contributed by atoms with Crippen molar-refractivity contribution >= 4 is 81.5 Å². The maximum absolute atomic E-state index is 6.65. The van der Waals surface area contributed by atoms with Gasteiger partial charge < -0.3 is 13.6 Å². The van der Waals surface area contributed by atoms with Crippen LogP contribution in [0.5, 0.6) is 0 Å². The molecule has 9 rings (SSSR count). The third-order valence-corrected chi connectivity index (χ3v) is 8.80. The smallest absolute Gasteiger partial charge is 0.159 e. The molecule has 0 amide bonds. The Morgan fingerprint density at radius 1 is 0.425 bits per heavy atom.